The second kappa shape index (κ2) is 12.0. The molecule has 0 saturated carbocycles. The number of carboxylic acid groups (broad SMARTS) is 1. The molecule has 0 radical (unpaired) electrons. The van der Waals surface area contributed by atoms with Crippen molar-refractivity contribution >= 4 is 40.3 Å². The van der Waals surface area contributed by atoms with Gasteiger partial charge in [-0.05, 0) is 47.5 Å². The summed E-state index contributed by atoms with van der Waals surface area (Å²) >= 11 is 1.52. The maximum absolute atomic E-state index is 14.3. The van der Waals surface area contributed by atoms with E-state index >= 15 is 0 Å². The van der Waals surface area contributed by atoms with Crippen molar-refractivity contribution in [3.63, 3.8) is 0 Å². The van der Waals surface area contributed by atoms with Crippen molar-refractivity contribution in [2.75, 3.05) is 12.3 Å². The van der Waals surface area contributed by atoms with Gasteiger partial charge in [0.25, 0.3) is 5.56 Å². The van der Waals surface area contributed by atoms with E-state index in [0.717, 1.165) is 15.7 Å². The minimum absolute atomic E-state index is 0.0464. The predicted molar refractivity (Wildman–Crippen MR) is 181 cm³/mol. The lowest BCUT2D eigenvalue weighted by atomic mass is 9.76. The van der Waals surface area contributed by atoms with Gasteiger partial charge in [0.1, 0.15) is 5.54 Å². The Balaban J connectivity index is 1.32. The third-order valence-corrected chi connectivity index (χ3v) is 10.7. The third-order valence-electron chi connectivity index (χ3n) is 9.66. The topological polar surface area (TPSA) is 114 Å². The number of rotatable bonds is 9. The second-order valence-corrected chi connectivity index (χ2v) is 13.4. The SMILES string of the molecule is Cc1c(C2NC(Cc3ccc4ccccc4c3)(C(=O)O)C3C(=O)N(CCSc4ccccc4)C(=O)C23)c(=O)n(-c2ccccc2)n1C. The summed E-state index contributed by atoms with van der Waals surface area (Å²) in [5.74, 6) is -4.05. The van der Waals surface area contributed by atoms with Gasteiger partial charge in [-0.3, -0.25) is 34.1 Å². The van der Waals surface area contributed by atoms with Crippen LogP contribution in [0.3, 0.4) is 0 Å². The Hall–Kier alpha value is -4.93. The van der Waals surface area contributed by atoms with E-state index in [1.165, 1.54) is 21.3 Å². The van der Waals surface area contributed by atoms with Gasteiger partial charge in [-0.1, -0.05) is 78.9 Å². The van der Waals surface area contributed by atoms with Gasteiger partial charge >= 0.3 is 5.97 Å². The lowest BCUT2D eigenvalue weighted by Gasteiger charge is -2.31. The summed E-state index contributed by atoms with van der Waals surface area (Å²) in [6.07, 6.45) is -0.0464. The molecule has 47 heavy (non-hydrogen) atoms. The predicted octanol–water partition coefficient (Wildman–Crippen LogP) is 4.74. The molecule has 4 unspecified atom stereocenters. The normalized spacial score (nSPS) is 22.3. The molecule has 2 N–H and O–H groups in total. The van der Waals surface area contributed by atoms with Gasteiger partial charge in [0.2, 0.25) is 11.8 Å². The number of thioether (sulfide) groups is 1. The largest absolute Gasteiger partial charge is 0.480 e. The molecule has 2 aliphatic heterocycles. The number of aromatic nitrogens is 2. The molecule has 0 aliphatic carbocycles. The van der Waals surface area contributed by atoms with Crippen molar-refractivity contribution in [1.29, 1.82) is 0 Å². The standard InChI is InChI=1S/C37H34N4O5S/c1-23-29(34(43)41(39(23)2)27-13-5-3-6-14-27)32-30-31(35(44)40(33(30)42)19-20-47-28-15-7-4-8-16-28)37(38-32,36(45)46)22-24-17-18-25-11-9-10-12-26(25)21-24/h3-18,21,30-32,38H,19-20,22H2,1-2H3,(H,45,46). The highest BCUT2D eigenvalue weighted by Gasteiger charge is 2.69. The first-order chi connectivity index (χ1) is 22.7. The minimum Gasteiger partial charge on any atom is -0.480 e. The number of nitrogens with one attached hydrogen (secondary N) is 1. The molecule has 0 spiro atoms. The molecular weight excluding hydrogens is 612 g/mol. The highest BCUT2D eigenvalue weighted by molar-refractivity contribution is 7.99. The molecule has 238 valence electrons. The van der Waals surface area contributed by atoms with Gasteiger partial charge in [-0.2, -0.15) is 0 Å². The van der Waals surface area contributed by atoms with Crippen molar-refractivity contribution in [2.24, 2.45) is 18.9 Å². The van der Waals surface area contributed by atoms with Crippen LogP contribution in [0.1, 0.15) is 22.9 Å². The number of amides is 2. The van der Waals surface area contributed by atoms with E-state index in [2.05, 4.69) is 5.32 Å². The number of nitrogens with zero attached hydrogens (tertiary/aromatic N) is 3. The molecule has 2 aliphatic rings. The Bertz CT molecular complexity index is 2080. The van der Waals surface area contributed by atoms with Crippen molar-refractivity contribution < 1.29 is 19.5 Å². The molecule has 5 aromatic rings. The summed E-state index contributed by atoms with van der Waals surface area (Å²) in [5.41, 5.74) is 0.0198. The van der Waals surface area contributed by atoms with Crippen molar-refractivity contribution in [3.05, 3.63) is 130 Å². The number of likely N-dealkylation sites (tertiary alicyclic amines) is 1. The molecule has 9 nitrogen and oxygen atoms in total. The van der Waals surface area contributed by atoms with Gasteiger partial charge in [0.05, 0.1) is 29.1 Å². The maximum Gasteiger partial charge on any atom is 0.325 e. The highest BCUT2D eigenvalue weighted by Crippen LogP contribution is 2.50. The Morgan fingerprint density at radius 1 is 0.872 bits per heavy atom. The average molecular weight is 647 g/mol. The lowest BCUT2D eigenvalue weighted by Crippen LogP contribution is -2.57. The average Bonchev–Trinajstić information content (AvgIpc) is 3.63. The molecule has 3 heterocycles. The number of hydrogen-bond donors (Lipinski definition) is 2. The number of carboxylic acids is 1. The molecule has 4 atom stereocenters. The van der Waals surface area contributed by atoms with Crippen LogP contribution >= 0.6 is 11.8 Å². The van der Waals surface area contributed by atoms with Crippen LogP contribution in [-0.2, 0) is 27.9 Å². The summed E-state index contributed by atoms with van der Waals surface area (Å²) < 4.78 is 3.23. The van der Waals surface area contributed by atoms with Crippen molar-refractivity contribution in [2.45, 2.75) is 29.8 Å². The quantitative estimate of drug-likeness (QED) is 0.176. The first-order valence-corrected chi connectivity index (χ1v) is 16.6. The summed E-state index contributed by atoms with van der Waals surface area (Å²) in [5, 5.41) is 16.2. The molecule has 7 rings (SSSR count). The number of carbonyl (C=O) groups excluding carboxylic acids is 2. The zero-order valence-corrected chi connectivity index (χ0v) is 26.8. The van der Waals surface area contributed by atoms with Gasteiger partial charge in [0, 0.05) is 36.4 Å². The van der Waals surface area contributed by atoms with Gasteiger partial charge in [-0.25, -0.2) is 4.68 Å². The third kappa shape index (κ3) is 5.08. The van der Waals surface area contributed by atoms with Crippen LogP contribution in [0.2, 0.25) is 0 Å². The number of aliphatic carboxylic acids is 1. The van der Waals surface area contributed by atoms with Crippen LogP contribution in [0, 0.1) is 18.8 Å². The minimum atomic E-state index is -1.84. The lowest BCUT2D eigenvalue weighted by molar-refractivity contribution is -0.151. The first-order valence-electron chi connectivity index (χ1n) is 15.6. The Kier molecular flexibility index (Phi) is 7.85. The Morgan fingerprint density at radius 2 is 1.53 bits per heavy atom. The van der Waals surface area contributed by atoms with E-state index in [1.807, 2.05) is 103 Å². The zero-order valence-electron chi connectivity index (χ0n) is 26.0. The molecule has 0 bridgehead atoms. The fraction of sp³-hybridized carbons (Fsp3) is 0.243. The molecule has 2 saturated heterocycles. The smallest absolute Gasteiger partial charge is 0.325 e. The number of benzene rings is 4. The molecular formula is C37H34N4O5S. The summed E-state index contributed by atoms with van der Waals surface area (Å²) in [6, 6.07) is 31.3. The number of hydrogen-bond acceptors (Lipinski definition) is 6. The summed E-state index contributed by atoms with van der Waals surface area (Å²) in [7, 11) is 1.76. The van der Waals surface area contributed by atoms with Crippen LogP contribution in [0.4, 0.5) is 0 Å². The molecule has 10 heteroatoms. The molecule has 2 fully saturated rings. The van der Waals surface area contributed by atoms with Crippen LogP contribution in [0.25, 0.3) is 16.5 Å². The van der Waals surface area contributed by atoms with Crippen molar-refractivity contribution in [3.8, 4) is 5.69 Å². The fourth-order valence-electron chi connectivity index (χ4n) is 7.35. The van der Waals surface area contributed by atoms with E-state index in [1.54, 1.807) is 18.7 Å². The molecule has 1 aromatic heterocycles. The summed E-state index contributed by atoms with van der Waals surface area (Å²) in [6.45, 7) is 1.91. The maximum atomic E-state index is 14.3. The molecule has 2 amide bonds. The first kappa shape index (κ1) is 30.7. The van der Waals surface area contributed by atoms with Gasteiger partial charge < -0.3 is 5.11 Å². The number of imide groups is 1. The van der Waals surface area contributed by atoms with Crippen LogP contribution in [0.5, 0.6) is 0 Å². The number of fused-ring (bicyclic) bond motifs is 2. The second-order valence-electron chi connectivity index (χ2n) is 12.2. The zero-order chi connectivity index (χ0) is 32.9. The summed E-state index contributed by atoms with van der Waals surface area (Å²) in [4.78, 5) is 58.5. The molecule has 4 aromatic carbocycles. The Morgan fingerprint density at radius 3 is 2.23 bits per heavy atom. The highest BCUT2D eigenvalue weighted by atomic mass is 32.2. The number of carbonyl (C=O) groups is 3. The number of para-hydroxylation sites is 1. The van der Waals surface area contributed by atoms with Crippen LogP contribution in [0.15, 0.2) is 113 Å². The van der Waals surface area contributed by atoms with Crippen LogP contribution < -0.4 is 10.9 Å². The van der Waals surface area contributed by atoms with E-state index < -0.39 is 41.2 Å². The monoisotopic (exact) mass is 646 g/mol. The Labute approximate surface area is 275 Å². The van der Waals surface area contributed by atoms with Crippen LogP contribution in [-0.4, -0.2) is 55.0 Å². The van der Waals surface area contributed by atoms with E-state index in [9.17, 15) is 24.3 Å². The van der Waals surface area contributed by atoms with Gasteiger partial charge in [0.15, 0.2) is 0 Å². The van der Waals surface area contributed by atoms with E-state index in [-0.39, 0.29) is 24.1 Å². The fourth-order valence-corrected chi connectivity index (χ4v) is 8.21. The van der Waals surface area contributed by atoms with E-state index in [4.69, 9.17) is 0 Å². The van der Waals surface area contributed by atoms with Crippen molar-refractivity contribution in [1.82, 2.24) is 19.6 Å². The van der Waals surface area contributed by atoms with E-state index in [0.29, 0.717) is 22.7 Å². The van der Waals surface area contributed by atoms with Gasteiger partial charge in [-0.15, -0.1) is 11.8 Å².